The van der Waals surface area contributed by atoms with E-state index in [0.29, 0.717) is 0 Å². The van der Waals surface area contributed by atoms with Gasteiger partial charge in [0.1, 0.15) is 0 Å². The maximum Gasteiger partial charge on any atom is 0.289 e. The van der Waals surface area contributed by atoms with Crippen molar-refractivity contribution < 1.29 is 30.2 Å². The highest BCUT2D eigenvalue weighted by molar-refractivity contribution is 7.95. The number of hydrogen-bond donors (Lipinski definition) is 0. The second kappa shape index (κ2) is 7.33. The molecule has 2 heterocycles. The van der Waals surface area contributed by atoms with Crippen molar-refractivity contribution in [2.75, 3.05) is 37.7 Å². The first-order valence-corrected chi connectivity index (χ1v) is 13.1. The highest BCUT2D eigenvalue weighted by Gasteiger charge is 2.42. The minimum absolute atomic E-state index is 0.0272. The number of sulfone groups is 1. The number of sulfonamides is 2. The predicted octanol–water partition coefficient (Wildman–Crippen LogP) is -0.582. The fourth-order valence-electron chi connectivity index (χ4n) is 3.34. The van der Waals surface area contributed by atoms with Crippen LogP contribution in [0.4, 0.5) is 5.69 Å². The average Bonchev–Trinajstić information content (AvgIpc) is 3.02. The van der Waals surface area contributed by atoms with E-state index < -0.39 is 56.4 Å². The average molecular weight is 454 g/mol. The molecule has 0 aliphatic carbocycles. The van der Waals surface area contributed by atoms with E-state index in [1.165, 1.54) is 12.1 Å². The Labute approximate surface area is 163 Å². The van der Waals surface area contributed by atoms with Gasteiger partial charge in [0.05, 0.1) is 21.7 Å². The Morgan fingerprint density at radius 3 is 2.11 bits per heavy atom. The summed E-state index contributed by atoms with van der Waals surface area (Å²) < 4.78 is 76.1. The van der Waals surface area contributed by atoms with Crippen LogP contribution in [0.15, 0.2) is 29.2 Å². The molecule has 2 aliphatic rings. The van der Waals surface area contributed by atoms with Crippen LogP contribution in [-0.4, -0.2) is 81.7 Å². The maximum atomic E-state index is 12.8. The number of nitro benzene ring substituents is 1. The second-order valence-corrected chi connectivity index (χ2v) is 12.9. The summed E-state index contributed by atoms with van der Waals surface area (Å²) in [6.45, 7) is -0.627. The molecule has 156 valence electrons. The van der Waals surface area contributed by atoms with Gasteiger partial charge in [-0.2, -0.15) is 8.61 Å². The first-order chi connectivity index (χ1) is 12.9. The predicted molar refractivity (Wildman–Crippen MR) is 99.4 cm³/mol. The third-order valence-corrected chi connectivity index (χ3v) is 11.1. The molecular weight excluding hydrogens is 434 g/mol. The Morgan fingerprint density at radius 2 is 1.57 bits per heavy atom. The third kappa shape index (κ3) is 3.91. The van der Waals surface area contributed by atoms with Gasteiger partial charge >= 0.3 is 0 Å². The highest BCUT2D eigenvalue weighted by Crippen LogP contribution is 2.28. The Bertz CT molecular complexity index is 1090. The maximum absolute atomic E-state index is 12.8. The number of nitrogens with zero attached hydrogens (tertiary/aromatic N) is 3. The fraction of sp³-hybridized carbons (Fsp3) is 0.571. The van der Waals surface area contributed by atoms with Crippen LogP contribution < -0.4 is 0 Å². The van der Waals surface area contributed by atoms with Crippen molar-refractivity contribution in [2.45, 2.75) is 16.6 Å². The minimum atomic E-state index is -4.17. The summed E-state index contributed by atoms with van der Waals surface area (Å²) in [4.78, 5) is 9.89. The molecule has 0 aromatic heterocycles. The second-order valence-electron chi connectivity index (χ2n) is 6.60. The SMILES string of the molecule is O=[N+]([O-])c1ccccc1S(=O)(=O)N1CCN(S(=O)(=O)C2CCS(=O)(=O)C2)CC1. The molecule has 2 fully saturated rings. The molecule has 1 aromatic rings. The molecule has 0 radical (unpaired) electrons. The standard InChI is InChI=1S/C14H19N3O8S3/c18-17(19)13-3-1-2-4-14(13)28(24,25)16-8-6-15(7-9-16)27(22,23)12-5-10-26(20,21)11-12/h1-4,12H,5-11H2. The van der Waals surface area contributed by atoms with E-state index in [0.717, 1.165) is 20.7 Å². The lowest BCUT2D eigenvalue weighted by Gasteiger charge is -2.34. The van der Waals surface area contributed by atoms with Crippen LogP contribution in [0.5, 0.6) is 0 Å². The Hall–Kier alpha value is -1.61. The zero-order valence-corrected chi connectivity index (χ0v) is 17.1. The molecule has 28 heavy (non-hydrogen) atoms. The van der Waals surface area contributed by atoms with Crippen LogP contribution in [0.3, 0.4) is 0 Å². The van der Waals surface area contributed by atoms with Crippen LogP contribution in [-0.2, 0) is 29.9 Å². The summed E-state index contributed by atoms with van der Waals surface area (Å²) in [6, 6.07) is 4.96. The van der Waals surface area contributed by atoms with Gasteiger partial charge < -0.3 is 0 Å². The van der Waals surface area contributed by atoms with Crippen molar-refractivity contribution >= 4 is 35.6 Å². The van der Waals surface area contributed by atoms with Crippen molar-refractivity contribution in [3.8, 4) is 0 Å². The fourth-order valence-corrected chi connectivity index (χ4v) is 9.43. The topological polar surface area (TPSA) is 152 Å². The molecule has 0 saturated carbocycles. The Balaban J connectivity index is 1.76. The number of benzene rings is 1. The number of hydrogen-bond acceptors (Lipinski definition) is 8. The summed E-state index contributed by atoms with van der Waals surface area (Å²) in [6.07, 6.45) is 0.0272. The molecule has 0 N–H and O–H groups in total. The molecule has 0 amide bonds. The lowest BCUT2D eigenvalue weighted by molar-refractivity contribution is -0.387. The van der Waals surface area contributed by atoms with Crippen LogP contribution in [0, 0.1) is 10.1 Å². The van der Waals surface area contributed by atoms with Crippen molar-refractivity contribution in [3.05, 3.63) is 34.4 Å². The Morgan fingerprint density at radius 1 is 1.00 bits per heavy atom. The number of para-hydroxylation sites is 1. The molecular formula is C14H19N3O8S3. The van der Waals surface area contributed by atoms with E-state index in [-0.39, 0.29) is 38.4 Å². The van der Waals surface area contributed by atoms with Gasteiger partial charge in [-0.25, -0.2) is 25.3 Å². The van der Waals surface area contributed by atoms with Gasteiger partial charge in [-0.1, -0.05) is 12.1 Å². The van der Waals surface area contributed by atoms with Crippen LogP contribution in [0.25, 0.3) is 0 Å². The van der Waals surface area contributed by atoms with Crippen molar-refractivity contribution in [1.82, 2.24) is 8.61 Å². The summed E-state index contributed by atoms with van der Waals surface area (Å²) in [5, 5.41) is 10.1. The molecule has 1 aromatic carbocycles. The van der Waals surface area contributed by atoms with E-state index in [4.69, 9.17) is 0 Å². The van der Waals surface area contributed by atoms with E-state index in [2.05, 4.69) is 0 Å². The molecule has 14 heteroatoms. The van der Waals surface area contributed by atoms with Crippen molar-refractivity contribution in [1.29, 1.82) is 0 Å². The van der Waals surface area contributed by atoms with E-state index in [1.54, 1.807) is 0 Å². The van der Waals surface area contributed by atoms with Gasteiger partial charge in [0.25, 0.3) is 5.69 Å². The number of piperazine rings is 1. The molecule has 3 rings (SSSR count). The summed E-state index contributed by atoms with van der Waals surface area (Å²) in [5.41, 5.74) is -0.547. The van der Waals surface area contributed by atoms with Gasteiger partial charge in [0.2, 0.25) is 20.0 Å². The molecule has 0 spiro atoms. The minimum Gasteiger partial charge on any atom is -0.258 e. The summed E-state index contributed by atoms with van der Waals surface area (Å²) >= 11 is 0. The van der Waals surface area contributed by atoms with Crippen molar-refractivity contribution in [3.63, 3.8) is 0 Å². The van der Waals surface area contributed by atoms with Crippen molar-refractivity contribution in [2.24, 2.45) is 0 Å². The lowest BCUT2D eigenvalue weighted by atomic mass is 10.3. The third-order valence-electron chi connectivity index (χ3n) is 4.85. The molecule has 0 bridgehead atoms. The first kappa shape index (κ1) is 21.1. The first-order valence-electron chi connectivity index (χ1n) is 8.38. The molecule has 11 nitrogen and oxygen atoms in total. The van der Waals surface area contributed by atoms with E-state index in [1.807, 2.05) is 0 Å². The summed E-state index contributed by atoms with van der Waals surface area (Å²) in [7, 11) is -11.4. The number of nitro groups is 1. The highest BCUT2D eigenvalue weighted by atomic mass is 32.2. The van der Waals surface area contributed by atoms with Gasteiger partial charge in [-0.3, -0.25) is 10.1 Å². The Kier molecular flexibility index (Phi) is 5.53. The number of rotatable bonds is 5. The quantitative estimate of drug-likeness (QED) is 0.424. The smallest absolute Gasteiger partial charge is 0.258 e. The molecule has 1 unspecified atom stereocenters. The summed E-state index contributed by atoms with van der Waals surface area (Å²) in [5.74, 6) is -0.604. The molecule has 2 saturated heterocycles. The molecule has 2 aliphatic heterocycles. The van der Waals surface area contributed by atoms with Gasteiger partial charge in [-0.15, -0.1) is 0 Å². The van der Waals surface area contributed by atoms with Gasteiger partial charge in [-0.05, 0) is 12.5 Å². The van der Waals surface area contributed by atoms with Gasteiger partial charge in [0, 0.05) is 32.2 Å². The van der Waals surface area contributed by atoms with Crippen LogP contribution >= 0.6 is 0 Å². The molecule has 1 atom stereocenters. The monoisotopic (exact) mass is 453 g/mol. The van der Waals surface area contributed by atoms with Crippen LogP contribution in [0.2, 0.25) is 0 Å². The largest absolute Gasteiger partial charge is 0.289 e. The van der Waals surface area contributed by atoms with E-state index >= 15 is 0 Å². The van der Waals surface area contributed by atoms with Gasteiger partial charge in [0.15, 0.2) is 14.7 Å². The zero-order valence-electron chi connectivity index (χ0n) is 14.7. The van der Waals surface area contributed by atoms with E-state index in [9.17, 15) is 35.4 Å². The van der Waals surface area contributed by atoms with Crippen LogP contribution in [0.1, 0.15) is 6.42 Å². The lowest BCUT2D eigenvalue weighted by Crippen LogP contribution is -2.52. The zero-order chi connectivity index (χ0) is 20.7. The normalized spacial score (nSPS) is 24.2.